The molecule has 0 bridgehead atoms. The van der Waals surface area contributed by atoms with Crippen molar-refractivity contribution in [3.8, 4) is 22.1 Å². The molecule has 0 saturated heterocycles. The predicted octanol–water partition coefficient (Wildman–Crippen LogP) is 2.18. The van der Waals surface area contributed by atoms with Crippen molar-refractivity contribution in [1.29, 1.82) is 0 Å². The lowest BCUT2D eigenvalue weighted by molar-refractivity contribution is 0.989. The minimum absolute atomic E-state index is 0.422. The Bertz CT molecular complexity index is 691. The molecule has 3 aromatic rings. The summed E-state index contributed by atoms with van der Waals surface area (Å²) in [6.45, 7) is 0.844. The molecule has 0 aliphatic heterocycles. The van der Waals surface area contributed by atoms with E-state index in [0.29, 0.717) is 13.1 Å². The first kappa shape index (κ1) is 13.8. The molecule has 3 heterocycles. The Labute approximate surface area is 126 Å². The number of nitrogens with two attached hydrogens (primary N) is 2. The third kappa shape index (κ3) is 2.97. The van der Waals surface area contributed by atoms with E-state index in [-0.39, 0.29) is 0 Å². The summed E-state index contributed by atoms with van der Waals surface area (Å²) >= 11 is 1.54. The highest BCUT2D eigenvalue weighted by Gasteiger charge is 2.09. The molecule has 5 nitrogen and oxygen atoms in total. The molecule has 0 aromatic carbocycles. The number of hydrogen-bond donors (Lipinski definition) is 2. The zero-order chi connectivity index (χ0) is 14.7. The molecule has 106 valence electrons. The number of thiazole rings is 1. The molecule has 0 radical (unpaired) electrons. The van der Waals surface area contributed by atoms with E-state index in [1.807, 2.05) is 41.8 Å². The van der Waals surface area contributed by atoms with Crippen LogP contribution in [0, 0.1) is 0 Å². The largest absolute Gasteiger partial charge is 0.325 e. The number of nitrogens with zero attached hydrogens (tertiary/aromatic N) is 3. The van der Waals surface area contributed by atoms with E-state index < -0.39 is 0 Å². The highest BCUT2D eigenvalue weighted by atomic mass is 32.1. The van der Waals surface area contributed by atoms with Gasteiger partial charge in [-0.1, -0.05) is 12.1 Å². The van der Waals surface area contributed by atoms with E-state index in [0.717, 1.165) is 33.5 Å². The number of aromatic nitrogens is 3. The summed E-state index contributed by atoms with van der Waals surface area (Å²) in [7, 11) is 0. The second-order valence-electron chi connectivity index (χ2n) is 4.47. The highest BCUT2D eigenvalue weighted by Crippen LogP contribution is 2.27. The molecule has 3 aromatic heterocycles. The van der Waals surface area contributed by atoms with Crippen molar-refractivity contribution in [2.75, 3.05) is 0 Å². The van der Waals surface area contributed by atoms with E-state index in [1.165, 1.54) is 0 Å². The van der Waals surface area contributed by atoms with Gasteiger partial charge in [0.1, 0.15) is 10.7 Å². The van der Waals surface area contributed by atoms with Gasteiger partial charge in [-0.15, -0.1) is 11.3 Å². The summed E-state index contributed by atoms with van der Waals surface area (Å²) in [6.07, 6.45) is 0. The Balaban J connectivity index is 1.95. The molecule has 0 aliphatic carbocycles. The zero-order valence-electron chi connectivity index (χ0n) is 11.4. The van der Waals surface area contributed by atoms with Gasteiger partial charge in [-0.05, 0) is 24.3 Å². The lowest BCUT2D eigenvalue weighted by atomic mass is 10.2. The first-order valence-corrected chi connectivity index (χ1v) is 7.46. The van der Waals surface area contributed by atoms with Gasteiger partial charge in [0.05, 0.1) is 22.8 Å². The van der Waals surface area contributed by atoms with Crippen LogP contribution in [0.15, 0.2) is 41.8 Å². The fourth-order valence-corrected chi connectivity index (χ4v) is 2.74. The van der Waals surface area contributed by atoms with E-state index in [9.17, 15) is 0 Å². The van der Waals surface area contributed by atoms with Gasteiger partial charge in [-0.25, -0.2) is 15.0 Å². The molecule has 0 fully saturated rings. The molecule has 3 rings (SSSR count). The topological polar surface area (TPSA) is 90.7 Å². The van der Waals surface area contributed by atoms with Crippen LogP contribution in [0.5, 0.6) is 0 Å². The van der Waals surface area contributed by atoms with Crippen molar-refractivity contribution in [1.82, 2.24) is 15.0 Å². The van der Waals surface area contributed by atoms with E-state index in [1.54, 1.807) is 11.3 Å². The smallest absolute Gasteiger partial charge is 0.142 e. The molecular weight excluding hydrogens is 282 g/mol. The van der Waals surface area contributed by atoms with Crippen LogP contribution in [0.25, 0.3) is 22.1 Å². The second kappa shape index (κ2) is 6.09. The molecule has 0 aliphatic rings. The SMILES string of the molecule is NCc1cccc(-c2csc(-c3cccc(CN)n3)n2)n1. The quantitative estimate of drug-likeness (QED) is 0.770. The summed E-state index contributed by atoms with van der Waals surface area (Å²) in [4.78, 5) is 13.6. The van der Waals surface area contributed by atoms with Gasteiger partial charge < -0.3 is 11.5 Å². The Kier molecular flexibility index (Phi) is 4.01. The highest BCUT2D eigenvalue weighted by molar-refractivity contribution is 7.13. The molecule has 0 spiro atoms. The molecule has 0 unspecified atom stereocenters. The van der Waals surface area contributed by atoms with Crippen LogP contribution in [-0.4, -0.2) is 15.0 Å². The Morgan fingerprint density at radius 3 is 2.05 bits per heavy atom. The fourth-order valence-electron chi connectivity index (χ4n) is 1.96. The first-order valence-electron chi connectivity index (χ1n) is 6.58. The van der Waals surface area contributed by atoms with Gasteiger partial charge in [0, 0.05) is 18.5 Å². The van der Waals surface area contributed by atoms with Crippen LogP contribution >= 0.6 is 11.3 Å². The van der Waals surface area contributed by atoms with Crippen LogP contribution in [0.1, 0.15) is 11.4 Å². The normalized spacial score (nSPS) is 10.8. The summed E-state index contributed by atoms with van der Waals surface area (Å²) in [5.74, 6) is 0. The lowest BCUT2D eigenvalue weighted by Gasteiger charge is -2.00. The van der Waals surface area contributed by atoms with Crippen molar-refractivity contribution < 1.29 is 0 Å². The van der Waals surface area contributed by atoms with Crippen molar-refractivity contribution in [3.63, 3.8) is 0 Å². The van der Waals surface area contributed by atoms with Gasteiger partial charge >= 0.3 is 0 Å². The molecule has 0 saturated carbocycles. The minimum Gasteiger partial charge on any atom is -0.325 e. The Morgan fingerprint density at radius 2 is 1.38 bits per heavy atom. The summed E-state index contributed by atoms with van der Waals surface area (Å²) in [5, 5.41) is 2.84. The predicted molar refractivity (Wildman–Crippen MR) is 84.4 cm³/mol. The molecule has 0 amide bonds. The zero-order valence-corrected chi connectivity index (χ0v) is 12.2. The second-order valence-corrected chi connectivity index (χ2v) is 5.33. The molecule has 21 heavy (non-hydrogen) atoms. The van der Waals surface area contributed by atoms with Gasteiger partial charge in [-0.2, -0.15) is 0 Å². The van der Waals surface area contributed by atoms with Crippen molar-refractivity contribution in [2.45, 2.75) is 13.1 Å². The van der Waals surface area contributed by atoms with Crippen LogP contribution in [-0.2, 0) is 13.1 Å². The number of hydrogen-bond acceptors (Lipinski definition) is 6. The van der Waals surface area contributed by atoms with Crippen LogP contribution in [0.2, 0.25) is 0 Å². The third-order valence-corrected chi connectivity index (χ3v) is 3.88. The molecule has 6 heteroatoms. The van der Waals surface area contributed by atoms with Crippen LogP contribution < -0.4 is 11.5 Å². The average molecular weight is 297 g/mol. The monoisotopic (exact) mass is 297 g/mol. The summed E-state index contributed by atoms with van der Waals surface area (Å²) < 4.78 is 0. The summed E-state index contributed by atoms with van der Waals surface area (Å²) in [5.41, 5.74) is 15.5. The third-order valence-electron chi connectivity index (χ3n) is 3.02. The van der Waals surface area contributed by atoms with Gasteiger partial charge in [-0.3, -0.25) is 0 Å². The maximum Gasteiger partial charge on any atom is 0.142 e. The maximum atomic E-state index is 5.62. The van der Waals surface area contributed by atoms with Crippen molar-refractivity contribution >= 4 is 11.3 Å². The first-order chi connectivity index (χ1) is 10.3. The summed E-state index contributed by atoms with van der Waals surface area (Å²) in [6, 6.07) is 11.6. The number of rotatable bonds is 4. The van der Waals surface area contributed by atoms with E-state index in [4.69, 9.17) is 11.5 Å². The van der Waals surface area contributed by atoms with Crippen molar-refractivity contribution in [2.24, 2.45) is 11.5 Å². The van der Waals surface area contributed by atoms with Gasteiger partial charge in [0.15, 0.2) is 0 Å². The fraction of sp³-hybridized carbons (Fsp3) is 0.133. The van der Waals surface area contributed by atoms with Crippen molar-refractivity contribution in [3.05, 3.63) is 53.2 Å². The Morgan fingerprint density at radius 1 is 0.762 bits per heavy atom. The van der Waals surface area contributed by atoms with E-state index >= 15 is 0 Å². The molecule has 0 atom stereocenters. The lowest BCUT2D eigenvalue weighted by Crippen LogP contribution is -2.00. The van der Waals surface area contributed by atoms with Gasteiger partial charge in [0.25, 0.3) is 0 Å². The van der Waals surface area contributed by atoms with Crippen LogP contribution in [0.4, 0.5) is 0 Å². The van der Waals surface area contributed by atoms with Gasteiger partial charge in [0.2, 0.25) is 0 Å². The average Bonchev–Trinajstić information content (AvgIpc) is 3.05. The minimum atomic E-state index is 0.422. The Hall–Kier alpha value is -2.15. The molecule has 4 N–H and O–H groups in total. The maximum absolute atomic E-state index is 5.62. The van der Waals surface area contributed by atoms with E-state index in [2.05, 4.69) is 15.0 Å². The van der Waals surface area contributed by atoms with Crippen LogP contribution in [0.3, 0.4) is 0 Å². The number of pyridine rings is 2. The standard InChI is InChI=1S/C15H15N5S/c16-7-10-3-1-5-12(18-10)14-9-21-15(20-14)13-6-2-4-11(8-17)19-13/h1-6,9H,7-8,16-17H2. The molecular formula is C15H15N5S.